The van der Waals surface area contributed by atoms with Gasteiger partial charge in [0, 0.05) is 16.6 Å². The van der Waals surface area contributed by atoms with Crippen molar-refractivity contribution in [2.24, 2.45) is 0 Å². The van der Waals surface area contributed by atoms with Crippen LogP contribution in [0.5, 0.6) is 0 Å². The van der Waals surface area contributed by atoms with E-state index >= 15 is 0 Å². The van der Waals surface area contributed by atoms with Crippen molar-refractivity contribution in [3.63, 3.8) is 0 Å². The summed E-state index contributed by atoms with van der Waals surface area (Å²) in [6.45, 7) is 1.15. The molecular weight excluding hydrogens is 401 g/mol. The third-order valence-electron chi connectivity index (χ3n) is 5.13. The first kappa shape index (κ1) is 20.3. The topological polar surface area (TPSA) is 61.4 Å². The van der Waals surface area contributed by atoms with Gasteiger partial charge in [-0.15, -0.1) is 11.3 Å². The summed E-state index contributed by atoms with van der Waals surface area (Å²) >= 11 is 1.71. The Balaban J connectivity index is 1.42. The molecule has 4 rings (SSSR count). The van der Waals surface area contributed by atoms with Crippen molar-refractivity contribution in [2.45, 2.75) is 18.9 Å². The number of carbonyl (C=O) groups is 2. The molecule has 7 heteroatoms. The van der Waals surface area contributed by atoms with Gasteiger partial charge in [-0.05, 0) is 67.2 Å². The monoisotopic (exact) mass is 423 g/mol. The quantitative estimate of drug-likeness (QED) is 0.592. The highest BCUT2D eigenvalue weighted by molar-refractivity contribution is 7.10. The third kappa shape index (κ3) is 4.75. The predicted octanol–water partition coefficient (Wildman–Crippen LogP) is 4.92. The number of para-hydroxylation sites is 1. The van der Waals surface area contributed by atoms with Crippen molar-refractivity contribution in [2.75, 3.05) is 23.7 Å². The summed E-state index contributed by atoms with van der Waals surface area (Å²) in [5.74, 6) is -0.890. The highest BCUT2D eigenvalue weighted by atomic mass is 32.1. The number of hydrogen-bond acceptors (Lipinski definition) is 4. The number of anilines is 2. The van der Waals surface area contributed by atoms with Gasteiger partial charge in [0.05, 0.1) is 17.8 Å². The molecule has 154 valence electrons. The van der Waals surface area contributed by atoms with Crippen molar-refractivity contribution in [3.8, 4) is 0 Å². The van der Waals surface area contributed by atoms with E-state index in [2.05, 4.69) is 27.0 Å². The number of thiophene rings is 1. The molecule has 0 spiro atoms. The summed E-state index contributed by atoms with van der Waals surface area (Å²) in [6, 6.07) is 16.8. The van der Waals surface area contributed by atoms with Gasteiger partial charge in [0.1, 0.15) is 5.82 Å². The first-order chi connectivity index (χ1) is 14.6. The molecule has 0 saturated carbocycles. The zero-order valence-corrected chi connectivity index (χ0v) is 17.1. The van der Waals surface area contributed by atoms with Crippen LogP contribution in [0.3, 0.4) is 0 Å². The minimum atomic E-state index is -0.372. The molecule has 1 saturated heterocycles. The molecular formula is C23H22FN3O2S. The van der Waals surface area contributed by atoms with Crippen LogP contribution in [0.4, 0.5) is 15.8 Å². The SMILES string of the molecule is O=C(CN1CCC[C@@H]1c1cccs1)Nc1ccccc1C(=O)Nc1ccc(F)cc1. The van der Waals surface area contributed by atoms with Gasteiger partial charge in [-0.2, -0.15) is 0 Å². The van der Waals surface area contributed by atoms with E-state index in [0.29, 0.717) is 16.9 Å². The van der Waals surface area contributed by atoms with Crippen LogP contribution in [0, 0.1) is 5.82 Å². The van der Waals surface area contributed by atoms with Crippen molar-refractivity contribution < 1.29 is 14.0 Å². The van der Waals surface area contributed by atoms with Crippen molar-refractivity contribution in [1.82, 2.24) is 4.90 Å². The summed E-state index contributed by atoms with van der Waals surface area (Å²) in [5.41, 5.74) is 1.29. The Bertz CT molecular complexity index is 1020. The molecule has 1 fully saturated rings. The second-order valence-corrected chi connectivity index (χ2v) is 8.18. The fourth-order valence-electron chi connectivity index (χ4n) is 3.71. The van der Waals surface area contributed by atoms with Crippen LogP contribution in [-0.2, 0) is 4.79 Å². The van der Waals surface area contributed by atoms with Gasteiger partial charge < -0.3 is 10.6 Å². The summed E-state index contributed by atoms with van der Waals surface area (Å²) in [7, 11) is 0. The molecule has 1 aromatic heterocycles. The molecule has 0 unspecified atom stereocenters. The lowest BCUT2D eigenvalue weighted by atomic mass is 10.1. The van der Waals surface area contributed by atoms with E-state index in [1.54, 1.807) is 35.6 Å². The molecule has 1 aliphatic rings. The first-order valence-electron chi connectivity index (χ1n) is 9.83. The molecule has 0 aliphatic carbocycles. The van der Waals surface area contributed by atoms with E-state index in [-0.39, 0.29) is 30.2 Å². The Morgan fingerprint density at radius 1 is 1.03 bits per heavy atom. The fourth-order valence-corrected chi connectivity index (χ4v) is 4.61. The summed E-state index contributed by atoms with van der Waals surface area (Å²) in [4.78, 5) is 28.9. The van der Waals surface area contributed by atoms with Gasteiger partial charge >= 0.3 is 0 Å². The van der Waals surface area contributed by atoms with Gasteiger partial charge in [0.25, 0.3) is 5.91 Å². The maximum absolute atomic E-state index is 13.1. The molecule has 2 N–H and O–H groups in total. The average Bonchev–Trinajstić information content (AvgIpc) is 3.41. The minimum Gasteiger partial charge on any atom is -0.324 e. The van der Waals surface area contributed by atoms with Gasteiger partial charge in [-0.1, -0.05) is 18.2 Å². The largest absolute Gasteiger partial charge is 0.324 e. The lowest BCUT2D eigenvalue weighted by Crippen LogP contribution is -2.33. The number of carbonyl (C=O) groups excluding carboxylic acids is 2. The molecule has 1 atom stereocenters. The number of hydrogen-bond donors (Lipinski definition) is 2. The number of nitrogens with one attached hydrogen (secondary N) is 2. The predicted molar refractivity (Wildman–Crippen MR) is 117 cm³/mol. The summed E-state index contributed by atoms with van der Waals surface area (Å²) < 4.78 is 13.1. The highest BCUT2D eigenvalue weighted by Gasteiger charge is 2.28. The molecule has 2 heterocycles. The molecule has 2 aromatic carbocycles. The molecule has 0 bridgehead atoms. The first-order valence-corrected chi connectivity index (χ1v) is 10.7. The van der Waals surface area contributed by atoms with Gasteiger partial charge in [0.15, 0.2) is 0 Å². The molecule has 2 amide bonds. The second kappa shape index (κ2) is 9.19. The van der Waals surface area contributed by atoms with Crippen LogP contribution < -0.4 is 10.6 Å². The number of likely N-dealkylation sites (tertiary alicyclic amines) is 1. The smallest absolute Gasteiger partial charge is 0.257 e. The molecule has 5 nitrogen and oxygen atoms in total. The normalized spacial score (nSPS) is 16.4. The zero-order valence-electron chi connectivity index (χ0n) is 16.3. The van der Waals surface area contributed by atoms with Crippen molar-refractivity contribution in [3.05, 3.63) is 82.3 Å². The van der Waals surface area contributed by atoms with Crippen LogP contribution >= 0.6 is 11.3 Å². The molecule has 0 radical (unpaired) electrons. The van der Waals surface area contributed by atoms with E-state index in [0.717, 1.165) is 19.4 Å². The van der Waals surface area contributed by atoms with Gasteiger partial charge in [-0.25, -0.2) is 4.39 Å². The van der Waals surface area contributed by atoms with Crippen molar-refractivity contribution >= 4 is 34.5 Å². The molecule has 1 aliphatic heterocycles. The highest BCUT2D eigenvalue weighted by Crippen LogP contribution is 2.34. The zero-order chi connectivity index (χ0) is 20.9. The number of amides is 2. The van der Waals surface area contributed by atoms with E-state index in [9.17, 15) is 14.0 Å². The number of nitrogens with zero attached hydrogens (tertiary/aromatic N) is 1. The summed E-state index contributed by atoms with van der Waals surface area (Å²) in [5, 5.41) is 7.67. The van der Waals surface area contributed by atoms with Crippen molar-refractivity contribution in [1.29, 1.82) is 0 Å². The lowest BCUT2D eigenvalue weighted by Gasteiger charge is -2.23. The van der Waals surface area contributed by atoms with E-state index in [1.165, 1.54) is 29.1 Å². The van der Waals surface area contributed by atoms with E-state index in [4.69, 9.17) is 0 Å². The minimum absolute atomic E-state index is 0.152. The van der Waals surface area contributed by atoms with Crippen LogP contribution in [0.15, 0.2) is 66.0 Å². The van der Waals surface area contributed by atoms with Gasteiger partial charge in [-0.3, -0.25) is 14.5 Å². The third-order valence-corrected chi connectivity index (χ3v) is 6.10. The standard InChI is InChI=1S/C23H22FN3O2S/c24-16-9-11-17(12-10-16)25-23(29)18-5-1-2-6-19(18)26-22(28)15-27-13-3-7-20(27)21-8-4-14-30-21/h1-2,4-6,8-12,14,20H,3,7,13,15H2,(H,25,29)(H,26,28)/t20-/m1/s1. The maximum Gasteiger partial charge on any atom is 0.257 e. The summed E-state index contributed by atoms with van der Waals surface area (Å²) in [6.07, 6.45) is 2.11. The number of halogens is 1. The Morgan fingerprint density at radius 3 is 2.60 bits per heavy atom. The Kier molecular flexibility index (Phi) is 6.21. The lowest BCUT2D eigenvalue weighted by molar-refractivity contribution is -0.117. The molecule has 3 aromatic rings. The second-order valence-electron chi connectivity index (χ2n) is 7.20. The van der Waals surface area contributed by atoms with Crippen LogP contribution in [0.2, 0.25) is 0 Å². The van der Waals surface area contributed by atoms with Crippen LogP contribution in [0.1, 0.15) is 34.1 Å². The Morgan fingerprint density at radius 2 is 1.83 bits per heavy atom. The van der Waals surface area contributed by atoms with Gasteiger partial charge in [0.2, 0.25) is 5.91 Å². The van der Waals surface area contributed by atoms with Crippen LogP contribution in [0.25, 0.3) is 0 Å². The Labute approximate surface area is 178 Å². The Hall–Kier alpha value is -3.03. The number of benzene rings is 2. The van der Waals surface area contributed by atoms with Crippen LogP contribution in [-0.4, -0.2) is 29.8 Å². The van der Waals surface area contributed by atoms with E-state index < -0.39 is 0 Å². The maximum atomic E-state index is 13.1. The fraction of sp³-hybridized carbons (Fsp3) is 0.217. The number of rotatable bonds is 6. The average molecular weight is 424 g/mol. The molecule has 30 heavy (non-hydrogen) atoms. The van der Waals surface area contributed by atoms with E-state index in [1.807, 2.05) is 6.07 Å².